The van der Waals surface area contributed by atoms with Gasteiger partial charge in [-0.1, -0.05) is 122 Å². The molecule has 2 aromatic rings. The Balaban J connectivity index is 1.53. The predicted octanol–water partition coefficient (Wildman–Crippen LogP) is 13.5. The molecule has 2 aliphatic heterocycles. The first-order chi connectivity index (χ1) is 20.4. The molecule has 0 atom stereocenters. The summed E-state index contributed by atoms with van der Waals surface area (Å²) in [4.78, 5) is 0. The van der Waals surface area contributed by atoms with Gasteiger partial charge < -0.3 is 0 Å². The summed E-state index contributed by atoms with van der Waals surface area (Å²) in [6.07, 6.45) is 3.45. The van der Waals surface area contributed by atoms with Gasteiger partial charge in [0.1, 0.15) is 0 Å². The molecule has 0 radical (unpaired) electrons. The highest BCUT2D eigenvalue weighted by Gasteiger charge is 2.27. The minimum Gasteiger partial charge on any atom is -0.118 e. The lowest BCUT2D eigenvalue weighted by Gasteiger charge is -2.18. The zero-order chi connectivity index (χ0) is 29.6. The fourth-order valence-electron chi connectivity index (χ4n) is 4.75. The fourth-order valence-corrected chi connectivity index (χ4v) is 16.7. The Morgan fingerprint density at radius 3 is 1.12 bits per heavy atom. The predicted molar refractivity (Wildman–Crippen MR) is 209 cm³/mol. The number of halogens is 2. The Morgan fingerprint density at radius 1 is 0.524 bits per heavy atom. The summed E-state index contributed by atoms with van der Waals surface area (Å²) in [5.41, 5.74) is 7.79. The maximum atomic E-state index is 7.06. The third kappa shape index (κ3) is 8.57. The van der Waals surface area contributed by atoms with E-state index in [1.54, 1.807) is 0 Å². The van der Waals surface area contributed by atoms with Crippen molar-refractivity contribution in [2.75, 3.05) is 23.0 Å². The van der Waals surface area contributed by atoms with Crippen LogP contribution in [-0.2, 0) is 25.7 Å². The van der Waals surface area contributed by atoms with E-state index in [0.717, 1.165) is 69.9 Å². The largest absolute Gasteiger partial charge is 0.118 e. The summed E-state index contributed by atoms with van der Waals surface area (Å²) in [6.45, 7) is 8.96. The summed E-state index contributed by atoms with van der Waals surface area (Å²) in [5.74, 6) is 4.36. The lowest BCUT2D eigenvalue weighted by atomic mass is 9.93. The first-order valence-corrected chi connectivity index (χ1v) is 22.1. The summed E-state index contributed by atoms with van der Waals surface area (Å²) >= 11 is 29.8. The van der Waals surface area contributed by atoms with E-state index in [9.17, 15) is 0 Å². The summed E-state index contributed by atoms with van der Waals surface area (Å²) in [5, 5.41) is 1.65. The lowest BCUT2D eigenvalue weighted by molar-refractivity contribution is 1.00. The zero-order valence-corrected chi connectivity index (χ0v) is 32.2. The molecule has 0 fully saturated rings. The molecule has 42 heavy (non-hydrogen) atoms. The molecule has 0 nitrogen and oxygen atoms in total. The van der Waals surface area contributed by atoms with Crippen molar-refractivity contribution in [3.63, 3.8) is 0 Å². The van der Waals surface area contributed by atoms with Gasteiger partial charge in [-0.3, -0.25) is 0 Å². The molecule has 0 N–H and O–H groups in total. The SMILES string of the molecule is CCSC1=C(SCC)SC(=C2Cc3ccc(cc3)CC(=C3SC(SCC)=C(SCC)S3)Cc3cc(Cl)c(cc3Cl)C2)S1. The molecule has 0 saturated carbocycles. The highest BCUT2D eigenvalue weighted by Crippen LogP contribution is 2.60. The van der Waals surface area contributed by atoms with Gasteiger partial charge in [0.15, 0.2) is 0 Å². The second-order valence-corrected chi connectivity index (χ2v) is 21.2. The van der Waals surface area contributed by atoms with E-state index in [0.29, 0.717) is 0 Å². The third-order valence-electron chi connectivity index (χ3n) is 6.64. The Kier molecular flexibility index (Phi) is 13.5. The monoisotopic (exact) mass is 744 g/mol. The number of benzene rings is 2. The van der Waals surface area contributed by atoms with Crippen LogP contribution >= 0.6 is 117 Å². The summed E-state index contributed by atoms with van der Waals surface area (Å²) < 4.78 is 8.61. The minimum atomic E-state index is 0.808. The normalized spacial score (nSPS) is 17.9. The van der Waals surface area contributed by atoms with E-state index in [1.165, 1.54) is 47.7 Å². The molecular weight excluding hydrogens is 712 g/mol. The van der Waals surface area contributed by atoms with Gasteiger partial charge in [-0.25, -0.2) is 0 Å². The Morgan fingerprint density at radius 2 is 0.833 bits per heavy atom. The Bertz CT molecular complexity index is 1290. The number of thioether (sulfide) groups is 8. The topological polar surface area (TPSA) is 0 Å². The van der Waals surface area contributed by atoms with Crippen LogP contribution in [0.4, 0.5) is 0 Å². The molecule has 224 valence electrons. The van der Waals surface area contributed by atoms with Crippen LogP contribution in [-0.4, -0.2) is 23.0 Å². The van der Waals surface area contributed by atoms with Crippen molar-refractivity contribution in [1.29, 1.82) is 0 Å². The van der Waals surface area contributed by atoms with Crippen molar-refractivity contribution in [2.45, 2.75) is 53.4 Å². The summed E-state index contributed by atoms with van der Waals surface area (Å²) in [7, 11) is 0. The maximum absolute atomic E-state index is 7.06. The fraction of sp³-hybridized carbons (Fsp3) is 0.375. The number of hydrogen-bond donors (Lipinski definition) is 0. The van der Waals surface area contributed by atoms with Gasteiger partial charge in [-0.15, -0.1) is 47.0 Å². The smallest absolute Gasteiger partial charge is 0.0659 e. The molecule has 0 amide bonds. The van der Waals surface area contributed by atoms with E-state index in [4.69, 9.17) is 23.2 Å². The van der Waals surface area contributed by atoms with Crippen LogP contribution < -0.4 is 0 Å². The van der Waals surface area contributed by atoms with Crippen LogP contribution in [0.5, 0.6) is 0 Å². The molecule has 10 heteroatoms. The average molecular weight is 746 g/mol. The Hall–Kier alpha value is 0.780. The highest BCUT2D eigenvalue weighted by molar-refractivity contribution is 8.41. The van der Waals surface area contributed by atoms with Gasteiger partial charge >= 0.3 is 0 Å². The van der Waals surface area contributed by atoms with Crippen LogP contribution in [0, 0.1) is 0 Å². The minimum absolute atomic E-state index is 0.808. The maximum Gasteiger partial charge on any atom is 0.0659 e. The van der Waals surface area contributed by atoms with Crippen molar-refractivity contribution >= 4 is 117 Å². The second-order valence-electron chi connectivity index (χ2n) is 9.63. The van der Waals surface area contributed by atoms with Crippen LogP contribution in [0.3, 0.4) is 0 Å². The van der Waals surface area contributed by atoms with Gasteiger partial charge in [0.05, 0.1) is 25.4 Å². The van der Waals surface area contributed by atoms with Crippen molar-refractivity contribution in [3.8, 4) is 0 Å². The van der Waals surface area contributed by atoms with E-state index in [2.05, 4.69) is 64.1 Å². The molecule has 2 heterocycles. The van der Waals surface area contributed by atoms with Gasteiger partial charge in [-0.2, -0.15) is 0 Å². The van der Waals surface area contributed by atoms with E-state index >= 15 is 0 Å². The number of rotatable bonds is 8. The standard InChI is InChI=1S/C32H34Cl2S8/c1-5-35-29-30(36-6-2)40-27(39-29)23-13-19-9-11-20(12-10-19)14-24(16-22-18-25(33)21(15-23)17-26(22)34)28-41-31(37-7-3)32(42-28)38-8-4/h9-12,17-18H,5-8,13-16H2,1-4H3. The van der Waals surface area contributed by atoms with Crippen molar-refractivity contribution in [1.82, 2.24) is 0 Å². The molecular formula is C32H34Cl2S8. The number of hydrogen-bond acceptors (Lipinski definition) is 8. The molecule has 8 rings (SSSR count). The molecule has 2 aromatic carbocycles. The van der Waals surface area contributed by atoms with Crippen molar-refractivity contribution in [3.05, 3.63) is 105 Å². The van der Waals surface area contributed by atoms with E-state index < -0.39 is 0 Å². The van der Waals surface area contributed by atoms with E-state index in [-0.39, 0.29) is 0 Å². The quantitative estimate of drug-likeness (QED) is 0.259. The van der Waals surface area contributed by atoms with Crippen molar-refractivity contribution < 1.29 is 0 Å². The first kappa shape index (κ1) is 34.1. The van der Waals surface area contributed by atoms with Crippen molar-refractivity contribution in [2.24, 2.45) is 0 Å². The molecule has 4 aliphatic carbocycles. The second kappa shape index (κ2) is 16.6. The molecule has 0 aromatic heterocycles. The van der Waals surface area contributed by atoms with Crippen LogP contribution in [0.15, 0.2) is 73.0 Å². The van der Waals surface area contributed by atoms with Crippen LogP contribution in [0.1, 0.15) is 49.9 Å². The Labute approximate surface area is 296 Å². The molecule has 0 unspecified atom stereocenters. The third-order valence-corrected chi connectivity index (χ3v) is 18.3. The molecule has 6 aliphatic rings. The van der Waals surface area contributed by atoms with Gasteiger partial charge in [-0.05, 0) is 94.2 Å². The van der Waals surface area contributed by atoms with Gasteiger partial charge in [0, 0.05) is 10.0 Å². The summed E-state index contributed by atoms with van der Waals surface area (Å²) in [6, 6.07) is 13.6. The van der Waals surface area contributed by atoms with Crippen LogP contribution in [0.25, 0.3) is 0 Å². The van der Waals surface area contributed by atoms with Gasteiger partial charge in [0.25, 0.3) is 0 Å². The average Bonchev–Trinajstić information content (AvgIpc) is 3.56. The van der Waals surface area contributed by atoms with Gasteiger partial charge in [0.2, 0.25) is 0 Å². The lowest BCUT2D eigenvalue weighted by Crippen LogP contribution is -2.03. The molecule has 0 saturated heterocycles. The van der Waals surface area contributed by atoms with Crippen LogP contribution in [0.2, 0.25) is 10.0 Å². The highest BCUT2D eigenvalue weighted by atomic mass is 35.5. The zero-order valence-electron chi connectivity index (χ0n) is 24.1. The molecule has 4 bridgehead atoms. The van der Waals surface area contributed by atoms with E-state index in [1.807, 2.05) is 94.1 Å². The molecule has 0 spiro atoms. The number of allylic oxidation sites excluding steroid dienone is 2. The first-order valence-electron chi connectivity index (χ1n) is 14.1.